The van der Waals surface area contributed by atoms with Crippen LogP contribution in [0.25, 0.3) is 0 Å². The predicted molar refractivity (Wildman–Crippen MR) is 79.3 cm³/mol. The maximum absolute atomic E-state index is 11.9. The quantitative estimate of drug-likeness (QED) is 0.854. The summed E-state index contributed by atoms with van der Waals surface area (Å²) in [6.45, 7) is 4.34. The molecule has 2 N–H and O–H groups in total. The molecule has 1 saturated heterocycles. The zero-order valence-corrected chi connectivity index (χ0v) is 11.7. The number of nitrogens with one attached hydrogen (secondary N) is 2. The number of hydrogen-bond acceptors (Lipinski definition) is 2. The zero-order chi connectivity index (χ0) is 13.5. The van der Waals surface area contributed by atoms with E-state index in [1.165, 1.54) is 18.4 Å². The van der Waals surface area contributed by atoms with Crippen molar-refractivity contribution in [1.82, 2.24) is 5.32 Å². The minimum atomic E-state index is 0.141. The van der Waals surface area contributed by atoms with E-state index in [1.807, 2.05) is 12.1 Å². The van der Waals surface area contributed by atoms with Crippen LogP contribution in [0.2, 0.25) is 0 Å². The molecule has 104 valence electrons. The van der Waals surface area contributed by atoms with Gasteiger partial charge in [0, 0.05) is 12.1 Å². The summed E-state index contributed by atoms with van der Waals surface area (Å²) in [6.07, 6.45) is 5.10. The van der Waals surface area contributed by atoms with Gasteiger partial charge in [0.05, 0.1) is 0 Å². The minimum Gasteiger partial charge on any atom is -0.326 e. The molecular formula is C16H24N2O. The molecule has 0 aliphatic carbocycles. The Bertz CT molecular complexity index is 394. The average molecular weight is 260 g/mol. The summed E-state index contributed by atoms with van der Waals surface area (Å²) in [6, 6.07) is 8.12. The number of carbonyl (C=O) groups excluding carboxylic acids is 1. The fourth-order valence-corrected chi connectivity index (χ4v) is 2.55. The van der Waals surface area contributed by atoms with Crippen LogP contribution in [0.4, 0.5) is 5.69 Å². The van der Waals surface area contributed by atoms with Gasteiger partial charge in [-0.05, 0) is 62.4 Å². The van der Waals surface area contributed by atoms with E-state index in [1.54, 1.807) is 0 Å². The molecule has 0 aromatic heterocycles. The number of amides is 1. The summed E-state index contributed by atoms with van der Waals surface area (Å²) in [4.78, 5) is 11.9. The molecule has 1 aliphatic rings. The van der Waals surface area contributed by atoms with E-state index >= 15 is 0 Å². The molecule has 1 amide bonds. The lowest BCUT2D eigenvalue weighted by Gasteiger charge is -2.22. The van der Waals surface area contributed by atoms with Crippen molar-refractivity contribution in [2.45, 2.75) is 39.0 Å². The topological polar surface area (TPSA) is 41.1 Å². The largest absolute Gasteiger partial charge is 0.326 e. The number of anilines is 1. The van der Waals surface area contributed by atoms with Gasteiger partial charge in [0.1, 0.15) is 0 Å². The Morgan fingerprint density at radius 2 is 1.95 bits per heavy atom. The van der Waals surface area contributed by atoms with Gasteiger partial charge in [-0.2, -0.15) is 0 Å². The van der Waals surface area contributed by atoms with Crippen LogP contribution >= 0.6 is 0 Å². The molecule has 1 heterocycles. The molecule has 1 aromatic rings. The molecule has 0 bridgehead atoms. The maximum atomic E-state index is 11.9. The molecular weight excluding hydrogens is 236 g/mol. The van der Waals surface area contributed by atoms with Gasteiger partial charge >= 0.3 is 0 Å². The fourth-order valence-electron chi connectivity index (χ4n) is 2.55. The Hall–Kier alpha value is -1.35. The molecule has 3 heteroatoms. The zero-order valence-electron chi connectivity index (χ0n) is 11.7. The van der Waals surface area contributed by atoms with E-state index in [0.29, 0.717) is 6.42 Å². The van der Waals surface area contributed by atoms with E-state index < -0.39 is 0 Å². The predicted octanol–water partition coefficient (Wildman–Crippen LogP) is 2.97. The molecule has 0 saturated carbocycles. The van der Waals surface area contributed by atoms with Crippen molar-refractivity contribution in [3.63, 3.8) is 0 Å². The maximum Gasteiger partial charge on any atom is 0.224 e. The van der Waals surface area contributed by atoms with Crippen LogP contribution in [0.5, 0.6) is 0 Å². The first-order valence-electron chi connectivity index (χ1n) is 7.37. The van der Waals surface area contributed by atoms with Crippen LogP contribution in [-0.4, -0.2) is 19.0 Å². The highest BCUT2D eigenvalue weighted by atomic mass is 16.1. The molecule has 0 spiro atoms. The lowest BCUT2D eigenvalue weighted by Crippen LogP contribution is -2.28. The van der Waals surface area contributed by atoms with Crippen molar-refractivity contribution >= 4 is 11.6 Å². The minimum absolute atomic E-state index is 0.141. The molecule has 0 atom stereocenters. The van der Waals surface area contributed by atoms with Crippen molar-refractivity contribution in [1.29, 1.82) is 0 Å². The van der Waals surface area contributed by atoms with Gasteiger partial charge in [0.2, 0.25) is 5.91 Å². The van der Waals surface area contributed by atoms with E-state index in [2.05, 4.69) is 29.7 Å². The van der Waals surface area contributed by atoms with E-state index in [-0.39, 0.29) is 5.91 Å². The second-order valence-corrected chi connectivity index (χ2v) is 5.33. The highest BCUT2D eigenvalue weighted by molar-refractivity contribution is 5.90. The lowest BCUT2D eigenvalue weighted by molar-refractivity contribution is -0.116. The molecule has 0 radical (unpaired) electrons. The SMILES string of the molecule is CCc1ccc(NC(=O)CCC2CCNCC2)cc1. The third-order valence-electron chi connectivity index (χ3n) is 3.88. The molecule has 1 aliphatic heterocycles. The third-order valence-corrected chi connectivity index (χ3v) is 3.88. The summed E-state index contributed by atoms with van der Waals surface area (Å²) in [5.74, 6) is 0.859. The van der Waals surface area contributed by atoms with E-state index in [9.17, 15) is 4.79 Å². The second-order valence-electron chi connectivity index (χ2n) is 5.33. The summed E-state index contributed by atoms with van der Waals surface area (Å²) in [5, 5.41) is 6.33. The second kappa shape index (κ2) is 7.29. The first-order chi connectivity index (χ1) is 9.28. The Kier molecular flexibility index (Phi) is 5.40. The Balaban J connectivity index is 1.73. The van der Waals surface area contributed by atoms with Gasteiger partial charge in [-0.15, -0.1) is 0 Å². The molecule has 1 fully saturated rings. The van der Waals surface area contributed by atoms with Crippen LogP contribution in [0.1, 0.15) is 38.2 Å². The highest BCUT2D eigenvalue weighted by Crippen LogP contribution is 2.18. The van der Waals surface area contributed by atoms with Crippen LogP contribution in [0.15, 0.2) is 24.3 Å². The lowest BCUT2D eigenvalue weighted by atomic mass is 9.93. The number of piperidine rings is 1. The molecule has 19 heavy (non-hydrogen) atoms. The number of hydrogen-bond donors (Lipinski definition) is 2. The number of rotatable bonds is 5. The van der Waals surface area contributed by atoms with Gasteiger partial charge < -0.3 is 10.6 Å². The van der Waals surface area contributed by atoms with Crippen LogP contribution in [-0.2, 0) is 11.2 Å². The van der Waals surface area contributed by atoms with E-state index in [4.69, 9.17) is 0 Å². The highest BCUT2D eigenvalue weighted by Gasteiger charge is 2.14. The number of carbonyl (C=O) groups is 1. The Morgan fingerprint density at radius 1 is 1.26 bits per heavy atom. The smallest absolute Gasteiger partial charge is 0.224 e. The molecule has 2 rings (SSSR count). The van der Waals surface area contributed by atoms with Gasteiger partial charge in [0.25, 0.3) is 0 Å². The standard InChI is InChI=1S/C16H24N2O/c1-2-13-3-6-15(7-4-13)18-16(19)8-5-14-9-11-17-12-10-14/h3-4,6-7,14,17H,2,5,8-12H2,1H3,(H,18,19). The van der Waals surface area contributed by atoms with Crippen LogP contribution in [0.3, 0.4) is 0 Å². The molecule has 0 unspecified atom stereocenters. The van der Waals surface area contributed by atoms with Crippen LogP contribution in [0, 0.1) is 5.92 Å². The first kappa shape index (κ1) is 14.1. The summed E-state index contributed by atoms with van der Waals surface area (Å²) in [7, 11) is 0. The van der Waals surface area contributed by atoms with Crippen molar-refractivity contribution in [3.8, 4) is 0 Å². The fraction of sp³-hybridized carbons (Fsp3) is 0.562. The average Bonchev–Trinajstić information content (AvgIpc) is 2.47. The van der Waals surface area contributed by atoms with Crippen molar-refractivity contribution < 1.29 is 4.79 Å². The summed E-state index contributed by atoms with van der Waals surface area (Å²) in [5.41, 5.74) is 2.21. The van der Waals surface area contributed by atoms with Gasteiger partial charge in [-0.3, -0.25) is 4.79 Å². The Labute approximate surface area is 115 Å². The molecule has 3 nitrogen and oxygen atoms in total. The van der Waals surface area contributed by atoms with Crippen molar-refractivity contribution in [3.05, 3.63) is 29.8 Å². The first-order valence-corrected chi connectivity index (χ1v) is 7.37. The summed E-state index contributed by atoms with van der Waals surface area (Å²) < 4.78 is 0. The monoisotopic (exact) mass is 260 g/mol. The van der Waals surface area contributed by atoms with E-state index in [0.717, 1.165) is 37.5 Å². The van der Waals surface area contributed by atoms with Gasteiger partial charge in [-0.1, -0.05) is 19.1 Å². The van der Waals surface area contributed by atoms with Gasteiger partial charge in [0.15, 0.2) is 0 Å². The summed E-state index contributed by atoms with van der Waals surface area (Å²) >= 11 is 0. The van der Waals surface area contributed by atoms with Crippen molar-refractivity contribution in [2.24, 2.45) is 5.92 Å². The Morgan fingerprint density at radius 3 is 2.58 bits per heavy atom. The van der Waals surface area contributed by atoms with Crippen molar-refractivity contribution in [2.75, 3.05) is 18.4 Å². The normalized spacial score (nSPS) is 16.3. The number of aryl methyl sites for hydroxylation is 1. The number of benzene rings is 1. The third kappa shape index (κ3) is 4.67. The van der Waals surface area contributed by atoms with Crippen LogP contribution < -0.4 is 10.6 Å². The van der Waals surface area contributed by atoms with Gasteiger partial charge in [-0.25, -0.2) is 0 Å². The molecule has 1 aromatic carbocycles.